The molecule has 0 saturated carbocycles. The van der Waals surface area contributed by atoms with Gasteiger partial charge in [0.25, 0.3) is 0 Å². The van der Waals surface area contributed by atoms with Crippen LogP contribution in [0.15, 0.2) is 178 Å². The molecule has 0 radical (unpaired) electrons. The van der Waals surface area contributed by atoms with Crippen molar-refractivity contribution in [2.75, 3.05) is 0 Å². The Balaban J connectivity index is 1.21. The highest BCUT2D eigenvalue weighted by Crippen LogP contribution is 2.40. The molecule has 6 aromatic carbocycles. The summed E-state index contributed by atoms with van der Waals surface area (Å²) in [5.41, 5.74) is 15.5. The zero-order valence-electron chi connectivity index (χ0n) is 28.1. The lowest BCUT2D eigenvalue weighted by atomic mass is 10.0. The summed E-state index contributed by atoms with van der Waals surface area (Å²) in [6, 6.07) is 50.9. The lowest BCUT2D eigenvalue weighted by Gasteiger charge is -2.08. The molecule has 8 rings (SSSR count). The van der Waals surface area contributed by atoms with Crippen LogP contribution in [-0.2, 0) is 6.42 Å². The second-order valence-corrected chi connectivity index (χ2v) is 13.5. The summed E-state index contributed by atoms with van der Waals surface area (Å²) in [4.78, 5) is 16.2. The molecule has 2 N–H and O–H groups in total. The molecule has 0 amide bonds. The van der Waals surface area contributed by atoms with Gasteiger partial charge in [-0.15, -0.1) is 11.3 Å². The van der Waals surface area contributed by atoms with Crippen molar-refractivity contribution >= 4 is 72.1 Å². The minimum absolute atomic E-state index is 0.502. The number of furan rings is 1. The SMILES string of the molecule is C=C(N=C(N=C(C)c1cccc2oc3ccc(Cc4sc5ccccc5c4N=C(N)c4ccccc4)cc3c12)c1ccccc1)c1ccccc1. The van der Waals surface area contributed by atoms with E-state index in [-0.39, 0.29) is 0 Å². The molecule has 8 aromatic rings. The van der Waals surface area contributed by atoms with Crippen LogP contribution in [0.4, 0.5) is 5.69 Å². The van der Waals surface area contributed by atoms with Crippen molar-refractivity contribution in [2.24, 2.45) is 20.7 Å². The summed E-state index contributed by atoms with van der Waals surface area (Å²) in [7, 11) is 0. The van der Waals surface area contributed by atoms with Crippen LogP contribution in [0.2, 0.25) is 0 Å². The molecular formula is C45H34N4OS. The Morgan fingerprint density at radius 2 is 1.33 bits per heavy atom. The van der Waals surface area contributed by atoms with Gasteiger partial charge >= 0.3 is 0 Å². The third kappa shape index (κ3) is 6.53. The second kappa shape index (κ2) is 13.9. The lowest BCUT2D eigenvalue weighted by molar-refractivity contribution is 0.669. The van der Waals surface area contributed by atoms with Gasteiger partial charge in [0.1, 0.15) is 17.0 Å². The molecule has 246 valence electrons. The molecule has 5 nitrogen and oxygen atoms in total. The minimum atomic E-state index is 0.502. The Morgan fingerprint density at radius 1 is 0.667 bits per heavy atom. The smallest absolute Gasteiger partial charge is 0.160 e. The molecular weight excluding hydrogens is 645 g/mol. The van der Waals surface area contributed by atoms with Crippen LogP contribution in [-0.4, -0.2) is 17.4 Å². The molecule has 0 aliphatic rings. The Labute approximate surface area is 300 Å². The van der Waals surface area contributed by atoms with E-state index in [2.05, 4.69) is 55.1 Å². The predicted octanol–water partition coefficient (Wildman–Crippen LogP) is 11.4. The number of benzene rings is 6. The summed E-state index contributed by atoms with van der Waals surface area (Å²) in [6.07, 6.45) is 0.699. The summed E-state index contributed by atoms with van der Waals surface area (Å²) >= 11 is 1.76. The van der Waals surface area contributed by atoms with Crippen LogP contribution in [0.5, 0.6) is 0 Å². The number of nitrogens with zero attached hydrogens (tertiary/aromatic N) is 3. The largest absolute Gasteiger partial charge is 0.456 e. The maximum absolute atomic E-state index is 6.55. The van der Waals surface area contributed by atoms with Crippen molar-refractivity contribution in [1.29, 1.82) is 0 Å². The first kappa shape index (κ1) is 31.9. The number of nitrogens with two attached hydrogens (primary N) is 1. The molecule has 0 saturated heterocycles. The number of amidine groups is 2. The Morgan fingerprint density at radius 3 is 2.08 bits per heavy atom. The van der Waals surface area contributed by atoms with Crippen LogP contribution in [0.25, 0.3) is 37.7 Å². The van der Waals surface area contributed by atoms with Gasteiger partial charge in [0.2, 0.25) is 0 Å². The summed E-state index contributed by atoms with van der Waals surface area (Å²) in [5, 5.41) is 3.16. The van der Waals surface area contributed by atoms with Crippen LogP contribution in [0.3, 0.4) is 0 Å². The molecule has 0 aliphatic heterocycles. The third-order valence-corrected chi connectivity index (χ3v) is 10.1. The maximum Gasteiger partial charge on any atom is 0.160 e. The molecule has 0 aliphatic carbocycles. The van der Waals surface area contributed by atoms with Gasteiger partial charge in [-0.2, -0.15) is 0 Å². The van der Waals surface area contributed by atoms with E-state index in [1.54, 1.807) is 11.3 Å². The highest BCUT2D eigenvalue weighted by atomic mass is 32.1. The standard InChI is InChI=1S/C45H34N4OS/c1-29(32-15-6-3-7-16-32)47-45(34-19-10-5-11-20-34)48-30(2)35-22-14-23-39-42(35)37-27-31(25-26-38(37)50-39)28-41-43(36-21-12-13-24-40(36)51-41)49-44(46)33-17-8-4-9-18-33/h3-27H,1,28H2,2H3,(H2,46,49). The average molecular weight is 679 g/mol. The van der Waals surface area contributed by atoms with E-state index in [4.69, 9.17) is 25.1 Å². The Hall–Kier alpha value is -6.37. The van der Waals surface area contributed by atoms with E-state index in [1.807, 2.05) is 110 Å². The van der Waals surface area contributed by atoms with Crippen LogP contribution < -0.4 is 5.73 Å². The monoisotopic (exact) mass is 678 g/mol. The third-order valence-electron chi connectivity index (χ3n) is 8.91. The van der Waals surface area contributed by atoms with Gasteiger partial charge in [0.05, 0.1) is 11.4 Å². The van der Waals surface area contributed by atoms with Gasteiger partial charge in [-0.25, -0.2) is 15.0 Å². The quantitative estimate of drug-likeness (QED) is 0.128. The van der Waals surface area contributed by atoms with E-state index >= 15 is 0 Å². The predicted molar refractivity (Wildman–Crippen MR) is 216 cm³/mol. The number of hydrogen-bond acceptors (Lipinski definition) is 4. The highest BCUT2D eigenvalue weighted by Gasteiger charge is 2.17. The van der Waals surface area contributed by atoms with E-state index in [1.165, 1.54) is 4.70 Å². The van der Waals surface area contributed by atoms with Crippen LogP contribution in [0, 0.1) is 0 Å². The number of thiophene rings is 1. The first-order valence-electron chi connectivity index (χ1n) is 16.8. The zero-order valence-corrected chi connectivity index (χ0v) is 28.9. The lowest BCUT2D eigenvalue weighted by Crippen LogP contribution is -2.12. The van der Waals surface area contributed by atoms with Gasteiger partial charge in [-0.3, -0.25) is 0 Å². The number of aliphatic imine (C=N–C) groups is 3. The molecule has 6 heteroatoms. The van der Waals surface area contributed by atoms with Crippen molar-refractivity contribution in [3.63, 3.8) is 0 Å². The van der Waals surface area contributed by atoms with Crippen molar-refractivity contribution < 1.29 is 4.42 Å². The fourth-order valence-electron chi connectivity index (χ4n) is 6.37. The van der Waals surface area contributed by atoms with Crippen LogP contribution >= 0.6 is 11.3 Å². The number of rotatable bonds is 8. The second-order valence-electron chi connectivity index (χ2n) is 12.3. The molecule has 0 unspecified atom stereocenters. The van der Waals surface area contributed by atoms with Gasteiger partial charge in [0.15, 0.2) is 5.84 Å². The molecule has 51 heavy (non-hydrogen) atoms. The molecule has 0 spiro atoms. The first-order chi connectivity index (χ1) is 25.0. The van der Waals surface area contributed by atoms with Crippen molar-refractivity contribution in [2.45, 2.75) is 13.3 Å². The zero-order chi connectivity index (χ0) is 34.7. The summed E-state index contributed by atoms with van der Waals surface area (Å²) in [6.45, 7) is 6.29. The fraction of sp³-hybridized carbons (Fsp3) is 0.0444. The summed E-state index contributed by atoms with van der Waals surface area (Å²) in [5.74, 6) is 1.10. The molecule has 0 bridgehead atoms. The van der Waals surface area contributed by atoms with Gasteiger partial charge < -0.3 is 10.2 Å². The molecule has 0 atom stereocenters. The number of hydrogen-bond donors (Lipinski definition) is 1. The normalized spacial score (nSPS) is 12.6. The average Bonchev–Trinajstić information content (AvgIpc) is 3.72. The Kier molecular flexibility index (Phi) is 8.66. The van der Waals surface area contributed by atoms with Gasteiger partial charge in [-0.1, -0.05) is 134 Å². The van der Waals surface area contributed by atoms with E-state index < -0.39 is 0 Å². The van der Waals surface area contributed by atoms with Crippen LogP contribution in [0.1, 0.15) is 39.6 Å². The van der Waals surface area contributed by atoms with E-state index in [0.717, 1.165) is 71.4 Å². The number of fused-ring (bicyclic) bond motifs is 4. The van der Waals surface area contributed by atoms with Crippen molar-refractivity contribution in [1.82, 2.24) is 0 Å². The van der Waals surface area contributed by atoms with Crippen molar-refractivity contribution in [3.8, 4) is 0 Å². The van der Waals surface area contributed by atoms with Crippen molar-refractivity contribution in [3.05, 3.63) is 191 Å². The maximum atomic E-state index is 6.55. The van der Waals surface area contributed by atoms with E-state index in [9.17, 15) is 0 Å². The topological polar surface area (TPSA) is 76.2 Å². The summed E-state index contributed by atoms with van der Waals surface area (Å²) < 4.78 is 7.58. The molecule has 2 heterocycles. The minimum Gasteiger partial charge on any atom is -0.456 e. The highest BCUT2D eigenvalue weighted by molar-refractivity contribution is 7.19. The Bertz CT molecular complexity index is 2630. The molecule has 2 aromatic heterocycles. The molecule has 0 fully saturated rings. The fourth-order valence-corrected chi connectivity index (χ4v) is 7.55. The first-order valence-corrected chi connectivity index (χ1v) is 17.6. The van der Waals surface area contributed by atoms with Gasteiger partial charge in [0, 0.05) is 54.6 Å². The van der Waals surface area contributed by atoms with Gasteiger partial charge in [-0.05, 0) is 42.3 Å². The van der Waals surface area contributed by atoms with E-state index in [0.29, 0.717) is 23.8 Å².